The van der Waals surface area contributed by atoms with Crippen LogP contribution in [0.1, 0.15) is 120 Å². The van der Waals surface area contributed by atoms with Gasteiger partial charge in [0.05, 0.1) is 0 Å². The Morgan fingerprint density at radius 3 is 1.39 bits per heavy atom. The molecule has 0 nitrogen and oxygen atoms in total. The molecule has 2 aromatic carbocycles. The summed E-state index contributed by atoms with van der Waals surface area (Å²) in [5.41, 5.74) is 5.88. The molecule has 2 aliphatic rings. The SMILES string of the molecule is CCCC1CCCC(c2ccc(-c3ccc(C4CCC(CCC)CC4)cc3)cc2)CC1. The number of benzene rings is 2. The fraction of sp³-hybridized carbons (Fsp3) is 0.613. The van der Waals surface area contributed by atoms with Gasteiger partial charge in [-0.15, -0.1) is 0 Å². The molecule has 0 heterocycles. The lowest BCUT2D eigenvalue weighted by atomic mass is 9.77. The second-order valence-electron chi connectivity index (χ2n) is 10.6. The van der Waals surface area contributed by atoms with Gasteiger partial charge < -0.3 is 0 Å². The van der Waals surface area contributed by atoms with Crippen molar-refractivity contribution in [2.24, 2.45) is 11.8 Å². The third-order valence-electron chi connectivity index (χ3n) is 8.43. The van der Waals surface area contributed by atoms with Gasteiger partial charge in [-0.05, 0) is 90.9 Å². The minimum absolute atomic E-state index is 0.779. The van der Waals surface area contributed by atoms with E-state index in [4.69, 9.17) is 0 Å². The molecule has 0 heteroatoms. The lowest BCUT2D eigenvalue weighted by molar-refractivity contribution is 0.308. The van der Waals surface area contributed by atoms with E-state index in [0.717, 1.165) is 23.7 Å². The smallest absolute Gasteiger partial charge is 0.0162 e. The summed E-state index contributed by atoms with van der Waals surface area (Å²) in [6.45, 7) is 4.67. The molecule has 2 aromatic rings. The van der Waals surface area contributed by atoms with Crippen molar-refractivity contribution in [3.05, 3.63) is 59.7 Å². The fourth-order valence-corrected chi connectivity index (χ4v) is 6.50. The number of rotatable bonds is 7. The van der Waals surface area contributed by atoms with Crippen LogP contribution in [0.2, 0.25) is 0 Å². The first-order valence-electron chi connectivity index (χ1n) is 13.5. The summed E-state index contributed by atoms with van der Waals surface area (Å²) in [4.78, 5) is 0. The topological polar surface area (TPSA) is 0 Å². The quantitative estimate of drug-likeness (QED) is 0.394. The van der Waals surface area contributed by atoms with Crippen LogP contribution in [-0.2, 0) is 0 Å². The second-order valence-corrected chi connectivity index (χ2v) is 10.6. The average molecular weight is 417 g/mol. The van der Waals surface area contributed by atoms with Crippen molar-refractivity contribution in [3.63, 3.8) is 0 Å². The Labute approximate surface area is 191 Å². The van der Waals surface area contributed by atoms with Gasteiger partial charge in [-0.2, -0.15) is 0 Å². The summed E-state index contributed by atoms with van der Waals surface area (Å²) in [6.07, 6.45) is 18.3. The molecule has 0 aliphatic heterocycles. The molecule has 0 bridgehead atoms. The highest BCUT2D eigenvalue weighted by Gasteiger charge is 2.22. The number of hydrogen-bond acceptors (Lipinski definition) is 0. The summed E-state index contributed by atoms with van der Waals surface area (Å²) in [5, 5.41) is 0. The highest BCUT2D eigenvalue weighted by atomic mass is 14.3. The maximum absolute atomic E-state index is 2.42. The molecule has 4 rings (SSSR count). The third-order valence-corrected chi connectivity index (χ3v) is 8.43. The van der Waals surface area contributed by atoms with Crippen molar-refractivity contribution >= 4 is 0 Å². The van der Waals surface area contributed by atoms with Gasteiger partial charge in [0.2, 0.25) is 0 Å². The van der Waals surface area contributed by atoms with Gasteiger partial charge in [-0.1, -0.05) is 101 Å². The lowest BCUT2D eigenvalue weighted by Crippen LogP contribution is -2.13. The van der Waals surface area contributed by atoms with Crippen LogP contribution >= 0.6 is 0 Å². The minimum Gasteiger partial charge on any atom is -0.0654 e. The molecule has 168 valence electrons. The molecule has 0 spiro atoms. The second kappa shape index (κ2) is 11.3. The number of hydrogen-bond donors (Lipinski definition) is 0. The molecule has 0 aromatic heterocycles. The molecule has 0 radical (unpaired) electrons. The maximum atomic E-state index is 2.42. The zero-order chi connectivity index (χ0) is 21.5. The van der Waals surface area contributed by atoms with Gasteiger partial charge in [-0.25, -0.2) is 0 Å². The largest absolute Gasteiger partial charge is 0.0654 e. The Hall–Kier alpha value is -1.56. The van der Waals surface area contributed by atoms with Gasteiger partial charge in [0.15, 0.2) is 0 Å². The molecule has 2 aliphatic carbocycles. The predicted molar refractivity (Wildman–Crippen MR) is 136 cm³/mol. The van der Waals surface area contributed by atoms with Crippen LogP contribution in [0.5, 0.6) is 0 Å². The van der Waals surface area contributed by atoms with E-state index in [9.17, 15) is 0 Å². The molecule has 2 atom stereocenters. The third kappa shape index (κ3) is 6.03. The van der Waals surface area contributed by atoms with Crippen LogP contribution in [-0.4, -0.2) is 0 Å². The summed E-state index contributed by atoms with van der Waals surface area (Å²) in [7, 11) is 0. The molecule has 0 amide bonds. The van der Waals surface area contributed by atoms with E-state index in [1.54, 1.807) is 11.1 Å². The van der Waals surface area contributed by atoms with E-state index < -0.39 is 0 Å². The molecule has 0 saturated heterocycles. The molecular formula is C31H44. The standard InChI is InChI=1S/C31H44/c1-3-6-24-8-5-9-26(13-10-24)28-16-18-30(19-17-28)31-22-20-29(21-23-31)27-14-11-25(7-4-2)12-15-27/h16-27H,3-15H2,1-2H3. The van der Waals surface area contributed by atoms with Crippen LogP contribution in [0.3, 0.4) is 0 Å². The van der Waals surface area contributed by atoms with Gasteiger partial charge in [-0.3, -0.25) is 0 Å². The summed E-state index contributed by atoms with van der Waals surface area (Å²) < 4.78 is 0. The molecular weight excluding hydrogens is 372 g/mol. The summed E-state index contributed by atoms with van der Waals surface area (Å²) >= 11 is 0. The van der Waals surface area contributed by atoms with Crippen molar-refractivity contribution in [3.8, 4) is 11.1 Å². The lowest BCUT2D eigenvalue weighted by Gasteiger charge is -2.28. The van der Waals surface area contributed by atoms with Crippen LogP contribution in [0.15, 0.2) is 48.5 Å². The molecule has 2 fully saturated rings. The van der Waals surface area contributed by atoms with E-state index in [1.807, 2.05) is 0 Å². The highest BCUT2D eigenvalue weighted by Crippen LogP contribution is 2.39. The highest BCUT2D eigenvalue weighted by molar-refractivity contribution is 5.64. The van der Waals surface area contributed by atoms with Crippen LogP contribution < -0.4 is 0 Å². The van der Waals surface area contributed by atoms with Crippen LogP contribution in [0.25, 0.3) is 11.1 Å². The van der Waals surface area contributed by atoms with Gasteiger partial charge in [0, 0.05) is 0 Å². The van der Waals surface area contributed by atoms with Gasteiger partial charge in [0.1, 0.15) is 0 Å². The summed E-state index contributed by atoms with van der Waals surface area (Å²) in [5.74, 6) is 3.54. The summed E-state index contributed by atoms with van der Waals surface area (Å²) in [6, 6.07) is 19.1. The minimum atomic E-state index is 0.779. The Balaban J connectivity index is 1.35. The van der Waals surface area contributed by atoms with Crippen molar-refractivity contribution in [2.45, 2.75) is 109 Å². The molecule has 31 heavy (non-hydrogen) atoms. The van der Waals surface area contributed by atoms with Gasteiger partial charge in [0.25, 0.3) is 0 Å². The van der Waals surface area contributed by atoms with Crippen molar-refractivity contribution in [2.75, 3.05) is 0 Å². The first-order valence-corrected chi connectivity index (χ1v) is 13.5. The Kier molecular flexibility index (Phi) is 8.28. The molecule has 2 unspecified atom stereocenters. The normalized spacial score (nSPS) is 27.0. The monoisotopic (exact) mass is 416 g/mol. The van der Waals surface area contributed by atoms with Crippen LogP contribution in [0, 0.1) is 11.8 Å². The zero-order valence-electron chi connectivity index (χ0n) is 20.1. The predicted octanol–water partition coefficient (Wildman–Crippen LogP) is 9.89. The van der Waals surface area contributed by atoms with Crippen molar-refractivity contribution < 1.29 is 0 Å². The molecule has 0 N–H and O–H groups in total. The van der Waals surface area contributed by atoms with E-state index in [1.165, 1.54) is 94.6 Å². The first kappa shape index (κ1) is 22.6. The van der Waals surface area contributed by atoms with Crippen molar-refractivity contribution in [1.29, 1.82) is 0 Å². The van der Waals surface area contributed by atoms with Crippen molar-refractivity contribution in [1.82, 2.24) is 0 Å². The first-order chi connectivity index (χ1) is 15.3. The van der Waals surface area contributed by atoms with Gasteiger partial charge >= 0.3 is 0 Å². The Morgan fingerprint density at radius 2 is 0.935 bits per heavy atom. The fourth-order valence-electron chi connectivity index (χ4n) is 6.50. The van der Waals surface area contributed by atoms with E-state index in [0.29, 0.717) is 0 Å². The van der Waals surface area contributed by atoms with E-state index >= 15 is 0 Å². The average Bonchev–Trinajstić information content (AvgIpc) is 3.06. The van der Waals surface area contributed by atoms with E-state index in [-0.39, 0.29) is 0 Å². The molecule has 2 saturated carbocycles. The Bertz CT molecular complexity index is 761. The zero-order valence-corrected chi connectivity index (χ0v) is 20.1. The van der Waals surface area contributed by atoms with Crippen LogP contribution in [0.4, 0.5) is 0 Å². The Morgan fingerprint density at radius 1 is 0.516 bits per heavy atom. The maximum Gasteiger partial charge on any atom is -0.0162 e. The van der Waals surface area contributed by atoms with E-state index in [2.05, 4.69) is 62.4 Å².